The third-order valence-electron chi connectivity index (χ3n) is 13.0. The molecule has 9 rings (SSSR count). The van der Waals surface area contributed by atoms with Crippen LogP contribution in [0.25, 0.3) is 26.6 Å². The number of carbonyl (C=O) groups excluding carboxylic acids is 3. The number of fused-ring (bicyclic) bond motifs is 3. The standard InChI is InChI=1S/C52H56ClN11O4S2/c1-28(2)47(51(67)62-25-29(3)19-42(62)50(66)56-23-35-9-11-37(12-10-35)48-32(6)57-27-69-48)63-26-39(24-58-63)38-17-18-54-44(20-38)68-30(4)22-55-43(65)21-41-49-61-60-34(8)64(49)52-45(31(5)33(7)70-52)46(59-41)36-13-15-40(53)16-14-36/h9-18,20,24,26-30,41-42,47H,19,21-23,25H2,1-8H3,(H,55,65)(H,56,66)/t29-,30+,41+,42+,47-/m1/s1. The number of pyridine rings is 1. The Bertz CT molecular complexity index is 3080. The number of hydrogen-bond donors (Lipinski definition) is 2. The van der Waals surface area contributed by atoms with Gasteiger partial charge in [-0.25, -0.2) is 9.97 Å². The predicted molar refractivity (Wildman–Crippen MR) is 274 cm³/mol. The molecule has 1 saturated heterocycles. The lowest BCUT2D eigenvalue weighted by molar-refractivity contribution is -0.142. The molecule has 2 aromatic carbocycles. The van der Waals surface area contributed by atoms with Crippen LogP contribution in [-0.4, -0.2) is 88.1 Å². The Labute approximate surface area is 420 Å². The number of benzene rings is 2. The number of likely N-dealkylation sites (tertiary alicyclic amines) is 1. The molecule has 2 N–H and O–H groups in total. The number of halogens is 1. The molecule has 362 valence electrons. The number of amides is 3. The van der Waals surface area contributed by atoms with Gasteiger partial charge in [-0.3, -0.25) is 28.6 Å². The second-order valence-electron chi connectivity index (χ2n) is 18.7. The Morgan fingerprint density at radius 3 is 2.40 bits per heavy atom. The molecule has 3 amide bonds. The van der Waals surface area contributed by atoms with Crippen LogP contribution in [-0.2, 0) is 20.9 Å². The van der Waals surface area contributed by atoms with Crippen molar-refractivity contribution in [3.05, 3.63) is 134 Å². The summed E-state index contributed by atoms with van der Waals surface area (Å²) in [5, 5.41) is 21.4. The number of nitrogens with zero attached hydrogens (tertiary/aromatic N) is 9. The Balaban J connectivity index is 0.831. The first kappa shape index (κ1) is 48.5. The number of aliphatic imine (C=N–C) groups is 1. The first-order valence-corrected chi connectivity index (χ1v) is 25.6. The van der Waals surface area contributed by atoms with Crippen molar-refractivity contribution in [2.45, 2.75) is 99.0 Å². The van der Waals surface area contributed by atoms with Crippen LogP contribution in [0.3, 0.4) is 0 Å². The van der Waals surface area contributed by atoms with Gasteiger partial charge in [-0.2, -0.15) is 5.10 Å². The van der Waals surface area contributed by atoms with Gasteiger partial charge in [0.25, 0.3) is 0 Å². The maximum Gasteiger partial charge on any atom is 0.248 e. The van der Waals surface area contributed by atoms with Crippen molar-refractivity contribution in [3.63, 3.8) is 0 Å². The molecule has 2 aliphatic heterocycles. The number of nitrogens with one attached hydrogen (secondary N) is 2. The van der Waals surface area contributed by atoms with Gasteiger partial charge >= 0.3 is 0 Å². The number of rotatable bonds is 15. The normalized spacial score (nSPS) is 17.4. The summed E-state index contributed by atoms with van der Waals surface area (Å²) in [6.45, 7) is 17.1. The van der Waals surface area contributed by atoms with E-state index in [1.54, 1.807) is 44.6 Å². The van der Waals surface area contributed by atoms with Gasteiger partial charge < -0.3 is 20.3 Å². The van der Waals surface area contributed by atoms with Gasteiger partial charge in [-0.15, -0.1) is 32.9 Å². The number of thiazole rings is 1. The largest absolute Gasteiger partial charge is 0.473 e. The van der Waals surface area contributed by atoms with Crippen LogP contribution in [0.4, 0.5) is 0 Å². The van der Waals surface area contributed by atoms with Gasteiger partial charge in [0.2, 0.25) is 23.6 Å². The van der Waals surface area contributed by atoms with Crippen LogP contribution in [0.15, 0.2) is 89.8 Å². The van der Waals surface area contributed by atoms with E-state index in [4.69, 9.17) is 21.3 Å². The van der Waals surface area contributed by atoms with Crippen molar-refractivity contribution < 1.29 is 19.1 Å². The van der Waals surface area contributed by atoms with Crippen molar-refractivity contribution in [2.24, 2.45) is 16.8 Å². The summed E-state index contributed by atoms with van der Waals surface area (Å²) >= 11 is 9.55. The topological polar surface area (TPSA) is 174 Å². The molecule has 0 spiro atoms. The van der Waals surface area contributed by atoms with E-state index < -0.39 is 24.2 Å². The number of carbonyl (C=O) groups is 3. The maximum absolute atomic E-state index is 14.5. The highest BCUT2D eigenvalue weighted by Crippen LogP contribution is 2.40. The van der Waals surface area contributed by atoms with E-state index in [9.17, 15) is 14.4 Å². The van der Waals surface area contributed by atoms with E-state index in [0.717, 1.165) is 66.1 Å². The first-order valence-electron chi connectivity index (χ1n) is 23.5. The second kappa shape index (κ2) is 20.4. The fourth-order valence-corrected chi connectivity index (χ4v) is 11.4. The van der Waals surface area contributed by atoms with Gasteiger partial charge in [-0.05, 0) is 93.3 Å². The van der Waals surface area contributed by atoms with Crippen molar-refractivity contribution in [1.82, 2.24) is 50.0 Å². The smallest absolute Gasteiger partial charge is 0.248 e. The minimum Gasteiger partial charge on any atom is -0.473 e. The lowest BCUT2D eigenvalue weighted by atomic mass is 9.99. The molecule has 70 heavy (non-hydrogen) atoms. The third-order valence-corrected chi connectivity index (χ3v) is 15.4. The summed E-state index contributed by atoms with van der Waals surface area (Å²) in [5.74, 6) is 1.22. The van der Waals surface area contributed by atoms with E-state index in [2.05, 4.69) is 68.8 Å². The van der Waals surface area contributed by atoms with Crippen LogP contribution in [0, 0.1) is 39.5 Å². The van der Waals surface area contributed by atoms with Crippen LogP contribution < -0.4 is 15.4 Å². The highest BCUT2D eigenvalue weighted by atomic mass is 35.5. The molecule has 18 heteroatoms. The van der Waals surface area contributed by atoms with E-state index in [-0.39, 0.29) is 42.5 Å². The van der Waals surface area contributed by atoms with Crippen molar-refractivity contribution in [3.8, 4) is 32.4 Å². The van der Waals surface area contributed by atoms with Crippen molar-refractivity contribution in [2.75, 3.05) is 13.1 Å². The molecule has 0 bridgehead atoms. The molecule has 15 nitrogen and oxygen atoms in total. The average Bonchev–Trinajstić information content (AvgIpc) is 4.19. The number of aromatic nitrogens is 7. The minimum absolute atomic E-state index is 0.0429. The van der Waals surface area contributed by atoms with Gasteiger partial charge in [0.05, 0.1) is 41.0 Å². The highest BCUT2D eigenvalue weighted by molar-refractivity contribution is 7.15. The maximum atomic E-state index is 14.5. The SMILES string of the molecule is Cc1ncsc1-c1ccc(CNC(=O)[C@@H]2C[C@@H](C)CN2C(=O)[C@@H](C(C)C)n2cc(-c3ccnc(O[C@@H](C)CNC(=O)C[C@@H]4N=C(c5ccc(Cl)cc5)c5c(sc(C)c5C)-n5c(C)nnc54)c3)cn2)cc1. The molecular weight excluding hydrogens is 942 g/mol. The molecule has 0 saturated carbocycles. The van der Waals surface area contributed by atoms with Crippen LogP contribution in [0.1, 0.15) is 97.1 Å². The number of thiophene rings is 1. The van der Waals surface area contributed by atoms with Crippen molar-refractivity contribution in [1.29, 1.82) is 0 Å². The Morgan fingerprint density at radius 2 is 1.67 bits per heavy atom. The Hall–Kier alpha value is -6.56. The van der Waals surface area contributed by atoms with E-state index in [1.807, 2.05) is 99.4 Å². The lowest BCUT2D eigenvalue weighted by Gasteiger charge is -2.30. The van der Waals surface area contributed by atoms with Crippen LogP contribution >= 0.6 is 34.3 Å². The zero-order chi connectivity index (χ0) is 49.4. The Morgan fingerprint density at radius 1 is 0.914 bits per heavy atom. The fraction of sp³-hybridized carbons (Fsp3) is 0.365. The molecule has 5 atom stereocenters. The zero-order valence-electron chi connectivity index (χ0n) is 40.4. The molecule has 5 aromatic heterocycles. The molecule has 0 unspecified atom stereocenters. The summed E-state index contributed by atoms with van der Waals surface area (Å²) in [6.07, 6.45) is 5.43. The monoisotopic (exact) mass is 997 g/mol. The van der Waals surface area contributed by atoms with Crippen molar-refractivity contribution >= 4 is 57.7 Å². The molecule has 7 heterocycles. The predicted octanol–water partition coefficient (Wildman–Crippen LogP) is 9.21. The summed E-state index contributed by atoms with van der Waals surface area (Å²) in [7, 11) is 0. The van der Waals surface area contributed by atoms with Gasteiger partial charge in [0, 0.05) is 58.1 Å². The van der Waals surface area contributed by atoms with Gasteiger partial charge in [0.1, 0.15) is 35.1 Å². The quantitative estimate of drug-likeness (QED) is 0.102. The average molecular weight is 999 g/mol. The fourth-order valence-electron chi connectivity index (χ4n) is 9.25. The number of hydrogen-bond acceptors (Lipinski definition) is 12. The molecule has 0 radical (unpaired) electrons. The van der Waals surface area contributed by atoms with E-state index >= 15 is 0 Å². The number of ether oxygens (including phenoxy) is 1. The molecule has 2 aliphatic rings. The molecule has 7 aromatic rings. The van der Waals surface area contributed by atoms with Crippen LogP contribution in [0.2, 0.25) is 5.02 Å². The second-order valence-corrected chi connectivity index (χ2v) is 21.1. The third kappa shape index (κ3) is 10.1. The molecular formula is C52H56ClN11O4S2. The zero-order valence-corrected chi connectivity index (χ0v) is 42.8. The number of aryl methyl sites for hydroxylation is 3. The summed E-state index contributed by atoms with van der Waals surface area (Å²) in [5.41, 5.74) is 10.3. The Kier molecular flexibility index (Phi) is 14.1. The summed E-state index contributed by atoms with van der Waals surface area (Å²) in [4.78, 5) is 60.0. The van der Waals surface area contributed by atoms with E-state index in [0.29, 0.717) is 36.2 Å². The summed E-state index contributed by atoms with van der Waals surface area (Å²) < 4.78 is 9.96. The molecule has 0 aliphatic carbocycles. The summed E-state index contributed by atoms with van der Waals surface area (Å²) in [6, 6.07) is 17.6. The first-order chi connectivity index (χ1) is 33.6. The lowest BCUT2D eigenvalue weighted by Crippen LogP contribution is -2.48. The highest BCUT2D eigenvalue weighted by Gasteiger charge is 2.42. The van der Waals surface area contributed by atoms with Gasteiger partial charge in [0.15, 0.2) is 5.82 Å². The minimum atomic E-state index is -0.632. The van der Waals surface area contributed by atoms with Crippen LogP contribution in [0.5, 0.6) is 5.88 Å². The van der Waals surface area contributed by atoms with E-state index in [1.165, 1.54) is 4.88 Å². The van der Waals surface area contributed by atoms with Gasteiger partial charge in [-0.1, -0.05) is 68.8 Å². The molecule has 1 fully saturated rings.